The Bertz CT molecular complexity index is 1850. The molecule has 5 amide bonds. The summed E-state index contributed by atoms with van der Waals surface area (Å²) in [6.45, 7) is 6.42. The van der Waals surface area contributed by atoms with Gasteiger partial charge in [-0.25, -0.2) is 9.59 Å². The van der Waals surface area contributed by atoms with Crippen LogP contribution in [0.4, 0.5) is 26.7 Å². The van der Waals surface area contributed by atoms with Crippen molar-refractivity contribution in [1.82, 2.24) is 9.80 Å². The first-order chi connectivity index (χ1) is 25.6. The predicted molar refractivity (Wildman–Crippen MR) is 208 cm³/mol. The number of nitrogens with one attached hydrogen (secondary N) is 3. The summed E-state index contributed by atoms with van der Waals surface area (Å²) < 4.78 is 18.0. The maximum absolute atomic E-state index is 14.5. The van der Waals surface area contributed by atoms with Crippen LogP contribution in [0.15, 0.2) is 84.9 Å². The molecule has 5 rings (SSSR count). The number of aliphatic hydroxyl groups excluding tert-OH is 1. The second kappa shape index (κ2) is 18.4. The van der Waals surface area contributed by atoms with Gasteiger partial charge in [-0.2, -0.15) is 0 Å². The molecule has 12 nitrogen and oxygen atoms in total. The highest BCUT2D eigenvalue weighted by Crippen LogP contribution is 2.29. The Labute approximate surface area is 311 Å². The number of aliphatic hydroxyl groups is 1. The van der Waals surface area contributed by atoms with Crippen LogP contribution in [0.25, 0.3) is 10.8 Å². The molecule has 4 N–H and O–H groups in total. The topological polar surface area (TPSA) is 142 Å². The number of urea groups is 2. The summed E-state index contributed by atoms with van der Waals surface area (Å²) in [5, 5.41) is 20.9. The van der Waals surface area contributed by atoms with Crippen LogP contribution < -0.4 is 25.4 Å². The van der Waals surface area contributed by atoms with Gasteiger partial charge >= 0.3 is 12.1 Å². The van der Waals surface area contributed by atoms with E-state index in [0.29, 0.717) is 35.2 Å². The van der Waals surface area contributed by atoms with Crippen molar-refractivity contribution in [2.24, 2.45) is 5.92 Å². The Balaban J connectivity index is 1.36. The third-order valence-corrected chi connectivity index (χ3v) is 9.49. The molecule has 0 radical (unpaired) electrons. The molecular formula is C41H51N5O7. The van der Waals surface area contributed by atoms with Gasteiger partial charge in [-0.05, 0) is 87.0 Å². The Hall–Kier alpha value is -5.33. The monoisotopic (exact) mass is 725 g/mol. The molecule has 0 spiro atoms. The molecule has 4 atom stereocenters. The van der Waals surface area contributed by atoms with Gasteiger partial charge in [0.2, 0.25) is 0 Å². The average Bonchev–Trinajstić information content (AvgIpc) is 3.16. The number of nitrogens with zero attached hydrogens (tertiary/aromatic N) is 2. The largest absolute Gasteiger partial charge is 0.497 e. The molecule has 0 bridgehead atoms. The molecular weight excluding hydrogens is 674 g/mol. The number of anilines is 3. The molecule has 0 aromatic heterocycles. The second-order valence-corrected chi connectivity index (χ2v) is 13.7. The van der Waals surface area contributed by atoms with E-state index in [1.54, 1.807) is 73.3 Å². The van der Waals surface area contributed by atoms with Crippen LogP contribution in [0.1, 0.15) is 50.4 Å². The van der Waals surface area contributed by atoms with Crippen LogP contribution in [-0.4, -0.2) is 91.6 Å². The predicted octanol–water partition coefficient (Wildman–Crippen LogP) is 7.45. The number of fused-ring (bicyclic) bond motifs is 2. The first-order valence-electron chi connectivity index (χ1n) is 18.1. The van der Waals surface area contributed by atoms with E-state index in [1.807, 2.05) is 56.3 Å². The van der Waals surface area contributed by atoms with Gasteiger partial charge in [-0.1, -0.05) is 43.3 Å². The van der Waals surface area contributed by atoms with Crippen molar-refractivity contribution in [1.29, 1.82) is 0 Å². The zero-order valence-corrected chi connectivity index (χ0v) is 31.1. The number of ether oxygens (including phenoxy) is 3. The molecule has 1 aliphatic heterocycles. The first kappa shape index (κ1) is 38.9. The second-order valence-electron chi connectivity index (χ2n) is 13.7. The molecule has 0 aliphatic carbocycles. The smallest absolute Gasteiger partial charge is 0.323 e. The van der Waals surface area contributed by atoms with E-state index in [1.165, 1.54) is 0 Å². The summed E-state index contributed by atoms with van der Waals surface area (Å²) in [6.07, 6.45) is 1.73. The van der Waals surface area contributed by atoms with E-state index in [0.717, 1.165) is 30.0 Å². The van der Waals surface area contributed by atoms with Crippen LogP contribution in [0.3, 0.4) is 0 Å². The van der Waals surface area contributed by atoms with Crippen molar-refractivity contribution in [3.05, 3.63) is 90.5 Å². The van der Waals surface area contributed by atoms with Crippen molar-refractivity contribution in [2.75, 3.05) is 56.4 Å². The van der Waals surface area contributed by atoms with Crippen LogP contribution in [0.5, 0.6) is 11.5 Å². The Morgan fingerprint density at radius 1 is 0.962 bits per heavy atom. The maximum atomic E-state index is 14.5. The number of amides is 5. The van der Waals surface area contributed by atoms with Crippen molar-refractivity contribution < 1.29 is 33.7 Å². The van der Waals surface area contributed by atoms with E-state index in [4.69, 9.17) is 14.2 Å². The number of rotatable bonds is 8. The normalized spacial score (nSPS) is 18.9. The molecule has 0 saturated heterocycles. The van der Waals surface area contributed by atoms with Gasteiger partial charge in [0.05, 0.1) is 43.2 Å². The van der Waals surface area contributed by atoms with E-state index in [9.17, 15) is 19.5 Å². The van der Waals surface area contributed by atoms with E-state index >= 15 is 0 Å². The van der Waals surface area contributed by atoms with E-state index < -0.39 is 18.2 Å². The lowest BCUT2D eigenvalue weighted by Gasteiger charge is -2.35. The molecule has 4 aromatic rings. The molecule has 4 aromatic carbocycles. The average molecular weight is 726 g/mol. The maximum Gasteiger partial charge on any atom is 0.323 e. The van der Waals surface area contributed by atoms with Crippen molar-refractivity contribution in [3.63, 3.8) is 0 Å². The van der Waals surface area contributed by atoms with Gasteiger partial charge < -0.3 is 45.1 Å². The quantitative estimate of drug-likeness (QED) is 0.148. The summed E-state index contributed by atoms with van der Waals surface area (Å²) in [5.41, 5.74) is 1.95. The van der Waals surface area contributed by atoms with Gasteiger partial charge in [0.15, 0.2) is 0 Å². The summed E-state index contributed by atoms with van der Waals surface area (Å²) in [4.78, 5) is 44.1. The summed E-state index contributed by atoms with van der Waals surface area (Å²) >= 11 is 0. The van der Waals surface area contributed by atoms with E-state index in [2.05, 4.69) is 16.0 Å². The minimum atomic E-state index is -0.550. The van der Waals surface area contributed by atoms with Gasteiger partial charge in [0.1, 0.15) is 11.5 Å². The third-order valence-electron chi connectivity index (χ3n) is 9.49. The molecule has 12 heteroatoms. The van der Waals surface area contributed by atoms with Crippen LogP contribution in [-0.2, 0) is 4.74 Å². The standard InChI is InChI=1S/C41H51N5O7/c1-27-24-46(28(2)26-47)39(48)35-23-32(42-40(49)44-36-15-10-13-30-12-6-7-14-34(30)36)18-21-37(35)53-29(3)11-8-9-22-52-38(27)25-45(4)41(50)43-31-16-19-33(51-5)20-17-31/h6-7,10,12-21,23,27-29,38,47H,8-9,11,22,24-26H2,1-5H3,(H,43,50)(H2,42,44,49)/t27-,28+,29-,38-/m1/s1. The van der Waals surface area contributed by atoms with Crippen LogP contribution >= 0.6 is 0 Å². The third kappa shape index (κ3) is 10.4. The SMILES string of the molecule is COc1ccc(NC(=O)N(C)C[C@H]2OCCCC[C@@H](C)Oc3ccc(NC(=O)Nc4cccc5ccccc45)cc3C(=O)N([C@@H](C)CO)C[C@H]2C)cc1. The van der Waals surface area contributed by atoms with Gasteiger partial charge in [-0.15, -0.1) is 0 Å². The molecule has 0 fully saturated rings. The minimum absolute atomic E-state index is 0.204. The highest BCUT2D eigenvalue weighted by molar-refractivity contribution is 6.07. The van der Waals surface area contributed by atoms with Gasteiger partial charge in [-0.3, -0.25) is 4.79 Å². The zero-order valence-electron chi connectivity index (χ0n) is 31.1. The molecule has 1 heterocycles. The summed E-state index contributed by atoms with van der Waals surface area (Å²) in [6, 6.07) is 24.3. The number of methoxy groups -OCH3 is 1. The van der Waals surface area contributed by atoms with Crippen LogP contribution in [0.2, 0.25) is 0 Å². The van der Waals surface area contributed by atoms with Gasteiger partial charge in [0.25, 0.3) is 5.91 Å². The Kier molecular flexibility index (Phi) is 13.5. The first-order valence-corrected chi connectivity index (χ1v) is 18.1. The lowest BCUT2D eigenvalue weighted by Crippen LogP contribution is -2.48. The summed E-state index contributed by atoms with van der Waals surface area (Å²) in [5.74, 6) is 0.487. The lowest BCUT2D eigenvalue weighted by molar-refractivity contribution is -0.0115. The number of benzene rings is 4. The lowest BCUT2D eigenvalue weighted by atomic mass is 10.0. The molecule has 282 valence electrons. The fraction of sp³-hybridized carbons (Fsp3) is 0.390. The van der Waals surface area contributed by atoms with E-state index in [-0.39, 0.29) is 49.2 Å². The Morgan fingerprint density at radius 3 is 2.45 bits per heavy atom. The highest BCUT2D eigenvalue weighted by Gasteiger charge is 2.31. The number of carbonyl (C=O) groups excluding carboxylic acids is 3. The Morgan fingerprint density at radius 2 is 1.70 bits per heavy atom. The molecule has 1 aliphatic rings. The number of carbonyl (C=O) groups is 3. The zero-order chi connectivity index (χ0) is 37.9. The number of hydrogen-bond acceptors (Lipinski definition) is 7. The molecule has 0 unspecified atom stereocenters. The molecule has 53 heavy (non-hydrogen) atoms. The van der Waals surface area contributed by atoms with Gasteiger partial charge in [0, 0.05) is 49.4 Å². The minimum Gasteiger partial charge on any atom is -0.497 e. The fourth-order valence-electron chi connectivity index (χ4n) is 6.33. The number of hydrogen-bond donors (Lipinski definition) is 4. The highest BCUT2D eigenvalue weighted by atomic mass is 16.5. The molecule has 0 saturated carbocycles. The van der Waals surface area contributed by atoms with Crippen LogP contribution in [0, 0.1) is 5.92 Å². The van der Waals surface area contributed by atoms with Crippen molar-refractivity contribution >= 4 is 45.8 Å². The van der Waals surface area contributed by atoms with Crippen molar-refractivity contribution in [3.8, 4) is 11.5 Å². The van der Waals surface area contributed by atoms with Crippen molar-refractivity contribution in [2.45, 2.75) is 58.3 Å². The summed E-state index contributed by atoms with van der Waals surface area (Å²) in [7, 11) is 3.29. The number of likely N-dealkylation sites (N-methyl/N-ethyl adjacent to an activating group) is 1. The fourth-order valence-corrected chi connectivity index (χ4v) is 6.33.